The first-order valence-electron chi connectivity index (χ1n) is 5.00. The highest BCUT2D eigenvalue weighted by Crippen LogP contribution is 2.27. The molecular formula is C11H15NO4S. The van der Waals surface area contributed by atoms with Gasteiger partial charge in [0.05, 0.1) is 5.56 Å². The number of carboxylic acid groups (broad SMARTS) is 1. The largest absolute Gasteiger partial charge is 0.478 e. The lowest BCUT2D eigenvalue weighted by Gasteiger charge is -2.24. The van der Waals surface area contributed by atoms with Crippen molar-refractivity contribution in [3.63, 3.8) is 0 Å². The fraction of sp³-hybridized carbons (Fsp3) is 0.455. The van der Waals surface area contributed by atoms with Crippen molar-refractivity contribution in [3.8, 4) is 0 Å². The molecule has 0 fully saturated rings. The third kappa shape index (κ3) is 3.45. The summed E-state index contributed by atoms with van der Waals surface area (Å²) in [6.07, 6.45) is -0.567. The summed E-state index contributed by atoms with van der Waals surface area (Å²) in [5, 5.41) is 10.9. The molecule has 1 amide bonds. The smallest absolute Gasteiger partial charge is 0.415 e. The van der Waals surface area contributed by atoms with Crippen LogP contribution in [0.2, 0.25) is 0 Å². The first kappa shape index (κ1) is 13.5. The predicted molar refractivity (Wildman–Crippen MR) is 65.9 cm³/mol. The van der Waals surface area contributed by atoms with Crippen LogP contribution in [0.1, 0.15) is 31.1 Å². The number of amides is 1. The number of thiophene rings is 1. The number of anilines is 1. The van der Waals surface area contributed by atoms with Crippen molar-refractivity contribution in [2.45, 2.75) is 26.4 Å². The average molecular weight is 257 g/mol. The fourth-order valence-electron chi connectivity index (χ4n) is 1.14. The Morgan fingerprint density at radius 3 is 2.47 bits per heavy atom. The zero-order valence-corrected chi connectivity index (χ0v) is 11.0. The second-order valence-electron chi connectivity index (χ2n) is 4.48. The SMILES string of the molecule is CN(C(=O)OC(C)(C)C)c1sccc1C(=O)O. The molecule has 6 heteroatoms. The van der Waals surface area contributed by atoms with E-state index in [1.807, 2.05) is 0 Å². The zero-order valence-electron chi connectivity index (χ0n) is 10.2. The second-order valence-corrected chi connectivity index (χ2v) is 5.38. The van der Waals surface area contributed by atoms with Crippen molar-refractivity contribution in [2.75, 3.05) is 11.9 Å². The Hall–Kier alpha value is -1.56. The Labute approximate surface area is 104 Å². The molecule has 1 aromatic heterocycles. The highest BCUT2D eigenvalue weighted by molar-refractivity contribution is 7.14. The van der Waals surface area contributed by atoms with Gasteiger partial charge in [0.1, 0.15) is 10.6 Å². The van der Waals surface area contributed by atoms with Crippen molar-refractivity contribution in [3.05, 3.63) is 17.0 Å². The van der Waals surface area contributed by atoms with Crippen LogP contribution in [0, 0.1) is 0 Å². The van der Waals surface area contributed by atoms with E-state index in [2.05, 4.69) is 0 Å². The molecule has 94 valence electrons. The van der Waals surface area contributed by atoms with E-state index in [1.54, 1.807) is 26.2 Å². The maximum absolute atomic E-state index is 11.7. The summed E-state index contributed by atoms with van der Waals surface area (Å²) in [6, 6.07) is 1.46. The Morgan fingerprint density at radius 2 is 2.00 bits per heavy atom. The number of hydrogen-bond acceptors (Lipinski definition) is 4. The van der Waals surface area contributed by atoms with Gasteiger partial charge in [-0.05, 0) is 32.2 Å². The maximum Gasteiger partial charge on any atom is 0.415 e. The van der Waals surface area contributed by atoms with Gasteiger partial charge in [-0.2, -0.15) is 0 Å². The lowest BCUT2D eigenvalue weighted by Crippen LogP contribution is -2.34. The quantitative estimate of drug-likeness (QED) is 0.884. The molecule has 0 spiro atoms. The Balaban J connectivity index is 2.89. The molecule has 0 saturated carbocycles. The number of ether oxygens (including phenoxy) is 1. The summed E-state index contributed by atoms with van der Waals surface area (Å²) < 4.78 is 5.16. The zero-order chi connectivity index (χ0) is 13.2. The Kier molecular flexibility index (Phi) is 3.77. The lowest BCUT2D eigenvalue weighted by atomic mass is 10.2. The van der Waals surface area contributed by atoms with Crippen LogP contribution in [0.4, 0.5) is 9.80 Å². The van der Waals surface area contributed by atoms with E-state index in [0.29, 0.717) is 5.00 Å². The van der Waals surface area contributed by atoms with E-state index >= 15 is 0 Å². The van der Waals surface area contributed by atoms with E-state index in [0.717, 1.165) is 0 Å². The molecular weight excluding hydrogens is 242 g/mol. The van der Waals surface area contributed by atoms with Gasteiger partial charge in [-0.25, -0.2) is 9.59 Å². The van der Waals surface area contributed by atoms with Gasteiger partial charge in [0.2, 0.25) is 0 Å². The Bertz CT molecular complexity index is 433. The van der Waals surface area contributed by atoms with Crippen LogP contribution >= 0.6 is 11.3 Å². The molecule has 1 rings (SSSR count). The predicted octanol–water partition coefficient (Wildman–Crippen LogP) is 2.82. The molecule has 5 nitrogen and oxygen atoms in total. The van der Waals surface area contributed by atoms with Gasteiger partial charge >= 0.3 is 12.1 Å². The number of carboxylic acids is 1. The van der Waals surface area contributed by atoms with Gasteiger partial charge in [0.15, 0.2) is 0 Å². The highest BCUT2D eigenvalue weighted by atomic mass is 32.1. The van der Waals surface area contributed by atoms with Crippen molar-refractivity contribution < 1.29 is 19.4 Å². The van der Waals surface area contributed by atoms with Gasteiger partial charge in [-0.3, -0.25) is 4.90 Å². The third-order valence-electron chi connectivity index (χ3n) is 1.85. The topological polar surface area (TPSA) is 66.8 Å². The first-order chi connectivity index (χ1) is 7.72. The number of nitrogens with zero attached hydrogens (tertiary/aromatic N) is 1. The maximum atomic E-state index is 11.7. The minimum atomic E-state index is -1.06. The average Bonchev–Trinajstić information content (AvgIpc) is 2.61. The lowest BCUT2D eigenvalue weighted by molar-refractivity contribution is 0.0590. The minimum absolute atomic E-state index is 0.100. The number of carbonyl (C=O) groups excluding carboxylic acids is 1. The van der Waals surface area contributed by atoms with Gasteiger partial charge < -0.3 is 9.84 Å². The molecule has 0 saturated heterocycles. The fourth-order valence-corrected chi connectivity index (χ4v) is 1.99. The third-order valence-corrected chi connectivity index (χ3v) is 2.84. The molecule has 0 atom stereocenters. The van der Waals surface area contributed by atoms with E-state index in [4.69, 9.17) is 9.84 Å². The van der Waals surface area contributed by atoms with Gasteiger partial charge in [-0.15, -0.1) is 11.3 Å². The second kappa shape index (κ2) is 4.75. The summed E-state index contributed by atoms with van der Waals surface area (Å²) in [4.78, 5) is 23.9. The number of rotatable bonds is 2. The van der Waals surface area contributed by atoms with Crippen molar-refractivity contribution in [2.24, 2.45) is 0 Å². The van der Waals surface area contributed by atoms with Crippen LogP contribution in [0.15, 0.2) is 11.4 Å². The standard InChI is InChI=1S/C11H15NO4S/c1-11(2,3)16-10(15)12(4)8-7(9(13)14)5-6-17-8/h5-6H,1-4H3,(H,13,14). The van der Waals surface area contributed by atoms with E-state index in [9.17, 15) is 9.59 Å². The van der Waals surface area contributed by atoms with Crippen LogP contribution in [0.3, 0.4) is 0 Å². The molecule has 0 aliphatic heterocycles. The summed E-state index contributed by atoms with van der Waals surface area (Å²) in [7, 11) is 1.49. The summed E-state index contributed by atoms with van der Waals surface area (Å²) in [6.45, 7) is 5.27. The molecule has 0 bridgehead atoms. The van der Waals surface area contributed by atoms with E-state index in [-0.39, 0.29) is 5.56 Å². The molecule has 0 aliphatic carbocycles. The molecule has 1 heterocycles. The van der Waals surface area contributed by atoms with Crippen LogP contribution in [-0.4, -0.2) is 29.8 Å². The number of carbonyl (C=O) groups is 2. The van der Waals surface area contributed by atoms with Gasteiger partial charge in [0.25, 0.3) is 0 Å². The molecule has 0 aromatic carbocycles. The van der Waals surface area contributed by atoms with Gasteiger partial charge in [-0.1, -0.05) is 0 Å². The van der Waals surface area contributed by atoms with Crippen LogP contribution < -0.4 is 4.90 Å². The summed E-state index contributed by atoms with van der Waals surface area (Å²) in [5.74, 6) is -1.06. The summed E-state index contributed by atoms with van der Waals surface area (Å²) in [5.41, 5.74) is -0.505. The minimum Gasteiger partial charge on any atom is -0.478 e. The van der Waals surface area contributed by atoms with Crippen molar-refractivity contribution in [1.82, 2.24) is 0 Å². The monoisotopic (exact) mass is 257 g/mol. The number of hydrogen-bond donors (Lipinski definition) is 1. The molecule has 0 radical (unpaired) electrons. The van der Waals surface area contributed by atoms with Crippen LogP contribution in [0.25, 0.3) is 0 Å². The highest BCUT2D eigenvalue weighted by Gasteiger charge is 2.24. The molecule has 17 heavy (non-hydrogen) atoms. The molecule has 1 N–H and O–H groups in total. The first-order valence-corrected chi connectivity index (χ1v) is 5.88. The van der Waals surface area contributed by atoms with Gasteiger partial charge in [0, 0.05) is 7.05 Å². The van der Waals surface area contributed by atoms with Crippen molar-refractivity contribution >= 4 is 28.4 Å². The number of aromatic carboxylic acids is 1. The molecule has 1 aromatic rings. The molecule has 0 unspecified atom stereocenters. The van der Waals surface area contributed by atoms with Crippen LogP contribution in [-0.2, 0) is 4.74 Å². The molecule has 0 aliphatic rings. The summed E-state index contributed by atoms with van der Waals surface area (Å²) >= 11 is 1.18. The van der Waals surface area contributed by atoms with E-state index < -0.39 is 17.7 Å². The normalized spacial score (nSPS) is 11.1. The van der Waals surface area contributed by atoms with Crippen LogP contribution in [0.5, 0.6) is 0 Å². The van der Waals surface area contributed by atoms with E-state index in [1.165, 1.54) is 29.4 Å². The Morgan fingerprint density at radius 1 is 1.41 bits per heavy atom. The van der Waals surface area contributed by atoms with Crippen molar-refractivity contribution in [1.29, 1.82) is 0 Å².